The molecular weight excluding hydrogens is 416 g/mol. The Bertz CT molecular complexity index is 918. The van der Waals surface area contributed by atoms with Crippen molar-refractivity contribution in [3.63, 3.8) is 0 Å². The Labute approximate surface area is 174 Å². The van der Waals surface area contributed by atoms with E-state index in [4.69, 9.17) is 4.74 Å². The van der Waals surface area contributed by atoms with Crippen LogP contribution in [0.4, 0.5) is 11.8 Å². The Morgan fingerprint density at radius 2 is 1.86 bits per heavy atom. The van der Waals surface area contributed by atoms with Crippen molar-refractivity contribution in [2.75, 3.05) is 24.3 Å². The van der Waals surface area contributed by atoms with E-state index in [1.165, 1.54) is 11.1 Å². The summed E-state index contributed by atoms with van der Waals surface area (Å²) in [5.41, 5.74) is 3.36. The van der Waals surface area contributed by atoms with Crippen LogP contribution in [0.2, 0.25) is 0 Å². The van der Waals surface area contributed by atoms with Gasteiger partial charge in [0.1, 0.15) is 11.6 Å². The molecule has 6 heteroatoms. The summed E-state index contributed by atoms with van der Waals surface area (Å²) in [5, 5.41) is 6.78. The average Bonchev–Trinajstić information content (AvgIpc) is 2.68. The SMILES string of the molecule is COc1ccc(CCNc2nc(C)cc(N[C@@H](C)c3ccccc3)n2)cc1Br. The fraction of sp³-hybridized carbons (Fsp3) is 0.273. The highest BCUT2D eigenvalue weighted by atomic mass is 79.9. The molecule has 0 saturated heterocycles. The van der Waals surface area contributed by atoms with Gasteiger partial charge in [-0.2, -0.15) is 4.98 Å². The lowest BCUT2D eigenvalue weighted by Crippen LogP contribution is -2.12. The Hall–Kier alpha value is -2.60. The van der Waals surface area contributed by atoms with Crippen molar-refractivity contribution in [3.05, 3.63) is 75.9 Å². The van der Waals surface area contributed by atoms with Crippen molar-refractivity contribution in [2.24, 2.45) is 0 Å². The van der Waals surface area contributed by atoms with E-state index in [0.717, 1.165) is 34.7 Å². The van der Waals surface area contributed by atoms with Crippen LogP contribution in [0.3, 0.4) is 0 Å². The Balaban J connectivity index is 1.61. The van der Waals surface area contributed by atoms with Gasteiger partial charge in [0.05, 0.1) is 11.6 Å². The second kappa shape index (κ2) is 9.55. The van der Waals surface area contributed by atoms with Gasteiger partial charge in [0, 0.05) is 24.3 Å². The number of hydrogen-bond acceptors (Lipinski definition) is 5. The Morgan fingerprint density at radius 3 is 2.57 bits per heavy atom. The van der Waals surface area contributed by atoms with Crippen LogP contribution < -0.4 is 15.4 Å². The molecule has 2 N–H and O–H groups in total. The second-order valence-electron chi connectivity index (χ2n) is 6.64. The highest BCUT2D eigenvalue weighted by Crippen LogP contribution is 2.25. The zero-order chi connectivity index (χ0) is 19.9. The lowest BCUT2D eigenvalue weighted by atomic mass is 10.1. The number of nitrogens with one attached hydrogen (secondary N) is 2. The average molecular weight is 441 g/mol. The number of nitrogens with zero attached hydrogens (tertiary/aromatic N) is 2. The lowest BCUT2D eigenvalue weighted by molar-refractivity contribution is 0.412. The van der Waals surface area contributed by atoms with E-state index in [-0.39, 0.29) is 6.04 Å². The zero-order valence-corrected chi connectivity index (χ0v) is 18.0. The third-order valence-corrected chi connectivity index (χ3v) is 5.05. The summed E-state index contributed by atoms with van der Waals surface area (Å²) in [6.07, 6.45) is 0.864. The first-order valence-corrected chi connectivity index (χ1v) is 10.1. The van der Waals surface area contributed by atoms with E-state index in [1.807, 2.05) is 37.3 Å². The molecule has 0 saturated carbocycles. The van der Waals surface area contributed by atoms with Gasteiger partial charge in [0.2, 0.25) is 5.95 Å². The molecule has 0 spiro atoms. The Kier molecular flexibility index (Phi) is 6.87. The van der Waals surface area contributed by atoms with Gasteiger partial charge in [-0.15, -0.1) is 0 Å². The number of hydrogen-bond donors (Lipinski definition) is 2. The predicted molar refractivity (Wildman–Crippen MR) is 118 cm³/mol. The monoisotopic (exact) mass is 440 g/mol. The molecule has 0 amide bonds. The molecule has 0 aliphatic rings. The number of halogens is 1. The standard InChI is InChI=1S/C22H25BrN4O/c1-15-13-21(26-16(2)18-7-5-4-6-8-18)27-22(25-15)24-12-11-17-9-10-20(28-3)19(23)14-17/h4-10,13-14,16H,11-12H2,1-3H3,(H2,24,25,26,27)/t16-/m0/s1. The first kappa shape index (κ1) is 20.1. The molecule has 0 aliphatic heterocycles. The maximum Gasteiger partial charge on any atom is 0.224 e. The molecule has 2 aromatic carbocycles. The van der Waals surface area contributed by atoms with Gasteiger partial charge < -0.3 is 15.4 Å². The fourth-order valence-corrected chi connectivity index (χ4v) is 3.54. The first-order valence-electron chi connectivity index (χ1n) is 9.28. The van der Waals surface area contributed by atoms with Crippen molar-refractivity contribution >= 4 is 27.7 Å². The van der Waals surface area contributed by atoms with Crippen molar-refractivity contribution < 1.29 is 4.74 Å². The number of ether oxygens (including phenoxy) is 1. The quantitative estimate of drug-likeness (QED) is 0.491. The maximum atomic E-state index is 5.27. The molecule has 1 aromatic heterocycles. The summed E-state index contributed by atoms with van der Waals surface area (Å²) in [6.45, 7) is 4.85. The number of anilines is 2. The van der Waals surface area contributed by atoms with Gasteiger partial charge >= 0.3 is 0 Å². The number of methoxy groups -OCH3 is 1. The summed E-state index contributed by atoms with van der Waals surface area (Å²) in [6, 6.07) is 18.6. The van der Waals surface area contributed by atoms with Crippen molar-refractivity contribution in [1.82, 2.24) is 9.97 Å². The normalized spacial score (nSPS) is 11.7. The van der Waals surface area contributed by atoms with Crippen molar-refractivity contribution in [3.8, 4) is 5.75 Å². The molecule has 0 bridgehead atoms. The lowest BCUT2D eigenvalue weighted by Gasteiger charge is -2.16. The van der Waals surface area contributed by atoms with E-state index in [1.54, 1.807) is 7.11 Å². The second-order valence-corrected chi connectivity index (χ2v) is 7.49. The smallest absolute Gasteiger partial charge is 0.224 e. The largest absolute Gasteiger partial charge is 0.496 e. The third kappa shape index (κ3) is 5.45. The summed E-state index contributed by atoms with van der Waals surface area (Å²) in [4.78, 5) is 9.11. The minimum atomic E-state index is 0.167. The molecule has 0 fully saturated rings. The van der Waals surface area contributed by atoms with E-state index in [0.29, 0.717) is 5.95 Å². The number of aromatic nitrogens is 2. The van der Waals surface area contributed by atoms with E-state index >= 15 is 0 Å². The van der Waals surface area contributed by atoms with Gasteiger partial charge in [-0.3, -0.25) is 0 Å². The van der Waals surface area contributed by atoms with Gasteiger partial charge in [-0.1, -0.05) is 36.4 Å². The minimum absolute atomic E-state index is 0.167. The minimum Gasteiger partial charge on any atom is -0.496 e. The molecule has 0 unspecified atom stereocenters. The predicted octanol–water partition coefficient (Wildman–Crippen LogP) is 5.38. The topological polar surface area (TPSA) is 59.1 Å². The van der Waals surface area contributed by atoms with Crippen LogP contribution in [0.15, 0.2) is 59.1 Å². The molecule has 3 aromatic rings. The molecule has 3 rings (SSSR count). The summed E-state index contributed by atoms with van der Waals surface area (Å²) in [5.74, 6) is 2.29. The maximum absolute atomic E-state index is 5.27. The van der Waals surface area contributed by atoms with E-state index in [9.17, 15) is 0 Å². The molecule has 5 nitrogen and oxygen atoms in total. The zero-order valence-electron chi connectivity index (χ0n) is 16.4. The van der Waals surface area contributed by atoms with Crippen molar-refractivity contribution in [2.45, 2.75) is 26.3 Å². The van der Waals surface area contributed by atoms with E-state index < -0.39 is 0 Å². The molecule has 28 heavy (non-hydrogen) atoms. The molecule has 1 heterocycles. The molecule has 146 valence electrons. The van der Waals surface area contributed by atoms with Crippen LogP contribution in [0.25, 0.3) is 0 Å². The fourth-order valence-electron chi connectivity index (χ4n) is 2.95. The number of benzene rings is 2. The van der Waals surface area contributed by atoms with Gasteiger partial charge in [-0.05, 0) is 59.5 Å². The molecule has 0 aliphatic carbocycles. The van der Waals surface area contributed by atoms with Crippen LogP contribution in [0, 0.1) is 6.92 Å². The van der Waals surface area contributed by atoms with Crippen LogP contribution in [0.5, 0.6) is 5.75 Å². The summed E-state index contributed by atoms with van der Waals surface area (Å²) >= 11 is 3.53. The molecular formula is C22H25BrN4O. The third-order valence-electron chi connectivity index (χ3n) is 4.43. The van der Waals surface area contributed by atoms with Crippen molar-refractivity contribution in [1.29, 1.82) is 0 Å². The number of rotatable bonds is 8. The van der Waals surface area contributed by atoms with Crippen LogP contribution in [-0.2, 0) is 6.42 Å². The van der Waals surface area contributed by atoms with Gasteiger partial charge in [0.15, 0.2) is 0 Å². The van der Waals surface area contributed by atoms with Crippen LogP contribution in [-0.4, -0.2) is 23.6 Å². The van der Waals surface area contributed by atoms with Gasteiger partial charge in [-0.25, -0.2) is 4.98 Å². The van der Waals surface area contributed by atoms with E-state index in [2.05, 4.69) is 67.7 Å². The van der Waals surface area contributed by atoms with Crippen LogP contribution >= 0.6 is 15.9 Å². The molecule has 0 radical (unpaired) electrons. The molecule has 1 atom stereocenters. The number of aryl methyl sites for hydroxylation is 1. The highest BCUT2D eigenvalue weighted by molar-refractivity contribution is 9.10. The summed E-state index contributed by atoms with van der Waals surface area (Å²) in [7, 11) is 1.67. The van der Waals surface area contributed by atoms with Crippen LogP contribution in [0.1, 0.15) is 29.8 Å². The highest BCUT2D eigenvalue weighted by Gasteiger charge is 2.08. The summed E-state index contributed by atoms with van der Waals surface area (Å²) < 4.78 is 6.23. The van der Waals surface area contributed by atoms with Gasteiger partial charge in [0.25, 0.3) is 0 Å². The Morgan fingerprint density at radius 1 is 1.07 bits per heavy atom. The first-order chi connectivity index (χ1) is 13.5.